The molecule has 0 saturated heterocycles. The Kier molecular flexibility index (Phi) is 4.45. The van der Waals surface area contributed by atoms with Gasteiger partial charge in [0.1, 0.15) is 11.3 Å². The molecule has 1 heterocycles. The Labute approximate surface area is 119 Å². The molecule has 6 heteroatoms. The second-order valence-corrected chi connectivity index (χ2v) is 5.07. The third-order valence-corrected chi connectivity index (χ3v) is 3.63. The van der Waals surface area contributed by atoms with Crippen molar-refractivity contribution in [1.29, 1.82) is 0 Å². The molecule has 1 aromatic carbocycles. The average Bonchev–Trinajstić information content (AvgIpc) is 2.38. The summed E-state index contributed by atoms with van der Waals surface area (Å²) in [6, 6.07) is 7.06. The van der Waals surface area contributed by atoms with Crippen molar-refractivity contribution < 1.29 is 5.11 Å². The van der Waals surface area contributed by atoms with Crippen LogP contribution in [-0.2, 0) is 0 Å². The Hall–Kier alpha value is -0.810. The first-order valence-corrected chi connectivity index (χ1v) is 7.10. The summed E-state index contributed by atoms with van der Waals surface area (Å²) >= 11 is 13.5. The zero-order valence-electron chi connectivity index (χ0n) is 9.47. The first kappa shape index (κ1) is 13.6. The zero-order chi connectivity index (χ0) is 13.1. The Morgan fingerprint density at radius 1 is 1.22 bits per heavy atom. The second-order valence-electron chi connectivity index (χ2n) is 3.53. The van der Waals surface area contributed by atoms with Crippen molar-refractivity contribution in [3.05, 3.63) is 51.8 Å². The third-order valence-electron chi connectivity index (χ3n) is 2.42. The topological polar surface area (TPSA) is 46.0 Å². The summed E-state index contributed by atoms with van der Waals surface area (Å²) in [5.74, 6) is 0. The number of thioether (sulfide) groups is 1. The Bertz CT molecular complexity index is 566. The van der Waals surface area contributed by atoms with E-state index >= 15 is 0 Å². The second kappa shape index (κ2) is 5.89. The predicted molar refractivity (Wildman–Crippen MR) is 74.3 cm³/mol. The molecular weight excluding hydrogens is 291 g/mol. The van der Waals surface area contributed by atoms with Gasteiger partial charge in [-0.3, -0.25) is 0 Å². The van der Waals surface area contributed by atoms with Crippen LogP contribution in [0.1, 0.15) is 17.2 Å². The molecule has 1 aromatic heterocycles. The van der Waals surface area contributed by atoms with Crippen molar-refractivity contribution in [2.24, 2.45) is 0 Å². The predicted octanol–water partition coefficient (Wildman–Crippen LogP) is 3.59. The molecule has 0 aliphatic carbocycles. The van der Waals surface area contributed by atoms with Gasteiger partial charge in [0.2, 0.25) is 0 Å². The van der Waals surface area contributed by atoms with E-state index in [0.29, 0.717) is 21.3 Å². The number of hydrogen-bond acceptors (Lipinski definition) is 4. The molecule has 0 spiro atoms. The van der Waals surface area contributed by atoms with Crippen LogP contribution >= 0.6 is 35.0 Å². The number of benzene rings is 1. The van der Waals surface area contributed by atoms with E-state index in [9.17, 15) is 5.11 Å². The first-order valence-electron chi connectivity index (χ1n) is 5.12. The highest BCUT2D eigenvalue weighted by molar-refractivity contribution is 7.98. The highest BCUT2D eigenvalue weighted by atomic mass is 35.5. The van der Waals surface area contributed by atoms with E-state index < -0.39 is 6.10 Å². The van der Waals surface area contributed by atoms with E-state index in [1.807, 2.05) is 6.26 Å². The van der Waals surface area contributed by atoms with Crippen molar-refractivity contribution >= 4 is 35.0 Å². The molecule has 18 heavy (non-hydrogen) atoms. The van der Waals surface area contributed by atoms with E-state index in [1.165, 1.54) is 18.0 Å². The van der Waals surface area contributed by atoms with E-state index in [-0.39, 0.29) is 5.15 Å². The maximum Gasteiger partial charge on any atom is 0.188 e. The van der Waals surface area contributed by atoms with Crippen LogP contribution in [0.2, 0.25) is 10.2 Å². The quantitative estimate of drug-likeness (QED) is 0.534. The first-order chi connectivity index (χ1) is 8.63. The van der Waals surface area contributed by atoms with Crippen molar-refractivity contribution in [2.75, 3.05) is 6.26 Å². The molecule has 2 rings (SSSR count). The number of aliphatic hydroxyl groups excluding tert-OH is 1. The molecular formula is C12H10Cl2N2OS. The normalized spacial score (nSPS) is 12.4. The number of aromatic nitrogens is 2. The van der Waals surface area contributed by atoms with Gasteiger partial charge < -0.3 is 5.11 Å². The highest BCUT2D eigenvalue weighted by Gasteiger charge is 2.18. The van der Waals surface area contributed by atoms with Crippen molar-refractivity contribution in [3.63, 3.8) is 0 Å². The van der Waals surface area contributed by atoms with Crippen molar-refractivity contribution in [3.8, 4) is 0 Å². The van der Waals surface area contributed by atoms with Crippen LogP contribution in [0.3, 0.4) is 0 Å². The van der Waals surface area contributed by atoms with E-state index in [2.05, 4.69) is 9.97 Å². The SMILES string of the molecule is CSc1ncc(C(O)c2ccccc2Cl)c(Cl)n1. The lowest BCUT2D eigenvalue weighted by Gasteiger charge is -2.13. The van der Waals surface area contributed by atoms with Gasteiger partial charge in [-0.2, -0.15) is 0 Å². The molecule has 0 amide bonds. The van der Waals surface area contributed by atoms with Crippen LogP contribution in [0.25, 0.3) is 0 Å². The lowest BCUT2D eigenvalue weighted by molar-refractivity contribution is 0.219. The molecule has 0 saturated carbocycles. The molecule has 0 aliphatic heterocycles. The van der Waals surface area contributed by atoms with Crippen LogP contribution < -0.4 is 0 Å². The fourth-order valence-electron chi connectivity index (χ4n) is 1.50. The van der Waals surface area contributed by atoms with Gasteiger partial charge in [0.15, 0.2) is 5.16 Å². The summed E-state index contributed by atoms with van der Waals surface area (Å²) in [6.07, 6.45) is 2.45. The summed E-state index contributed by atoms with van der Waals surface area (Å²) in [4.78, 5) is 8.18. The lowest BCUT2D eigenvalue weighted by atomic mass is 10.0. The summed E-state index contributed by atoms with van der Waals surface area (Å²) in [7, 11) is 0. The molecule has 0 fully saturated rings. The van der Waals surface area contributed by atoms with Gasteiger partial charge in [0, 0.05) is 22.3 Å². The van der Waals surface area contributed by atoms with Crippen LogP contribution in [-0.4, -0.2) is 21.3 Å². The smallest absolute Gasteiger partial charge is 0.188 e. The fraction of sp³-hybridized carbons (Fsp3) is 0.167. The molecule has 1 N–H and O–H groups in total. The number of hydrogen-bond donors (Lipinski definition) is 1. The van der Waals surface area contributed by atoms with Crippen LogP contribution in [0.4, 0.5) is 0 Å². The highest BCUT2D eigenvalue weighted by Crippen LogP contribution is 2.31. The Morgan fingerprint density at radius 3 is 2.56 bits per heavy atom. The molecule has 1 unspecified atom stereocenters. The summed E-state index contributed by atoms with van der Waals surface area (Å²) in [5.41, 5.74) is 1.03. The molecule has 94 valence electrons. The molecule has 0 radical (unpaired) electrons. The van der Waals surface area contributed by atoms with Gasteiger partial charge in [-0.05, 0) is 12.3 Å². The largest absolute Gasteiger partial charge is 0.383 e. The minimum absolute atomic E-state index is 0.238. The minimum atomic E-state index is -0.929. The van der Waals surface area contributed by atoms with Crippen molar-refractivity contribution in [1.82, 2.24) is 9.97 Å². The number of rotatable bonds is 3. The van der Waals surface area contributed by atoms with Crippen molar-refractivity contribution in [2.45, 2.75) is 11.3 Å². The third kappa shape index (κ3) is 2.78. The maximum absolute atomic E-state index is 10.3. The molecule has 0 aliphatic rings. The average molecular weight is 301 g/mol. The molecule has 2 aromatic rings. The lowest BCUT2D eigenvalue weighted by Crippen LogP contribution is -2.04. The monoisotopic (exact) mass is 300 g/mol. The summed E-state index contributed by atoms with van der Waals surface area (Å²) in [6.45, 7) is 0. The van der Waals surface area contributed by atoms with Gasteiger partial charge in [-0.1, -0.05) is 53.2 Å². The molecule has 1 atom stereocenters. The van der Waals surface area contributed by atoms with Crippen LogP contribution in [0, 0.1) is 0 Å². The summed E-state index contributed by atoms with van der Waals surface area (Å²) in [5, 5.41) is 11.5. The van der Waals surface area contributed by atoms with Crippen LogP contribution in [0.5, 0.6) is 0 Å². The van der Waals surface area contributed by atoms with Gasteiger partial charge in [-0.25, -0.2) is 9.97 Å². The van der Waals surface area contributed by atoms with E-state index in [4.69, 9.17) is 23.2 Å². The summed E-state index contributed by atoms with van der Waals surface area (Å²) < 4.78 is 0. The Balaban J connectivity index is 2.40. The Morgan fingerprint density at radius 2 is 1.94 bits per heavy atom. The molecule has 3 nitrogen and oxygen atoms in total. The minimum Gasteiger partial charge on any atom is -0.383 e. The number of nitrogens with zero attached hydrogens (tertiary/aromatic N) is 2. The zero-order valence-corrected chi connectivity index (χ0v) is 11.8. The van der Waals surface area contributed by atoms with Gasteiger partial charge in [0.25, 0.3) is 0 Å². The van der Waals surface area contributed by atoms with E-state index in [1.54, 1.807) is 24.3 Å². The molecule has 0 bridgehead atoms. The number of aliphatic hydroxyl groups is 1. The van der Waals surface area contributed by atoms with Gasteiger partial charge in [-0.15, -0.1) is 0 Å². The fourth-order valence-corrected chi connectivity index (χ4v) is 2.36. The standard InChI is InChI=1S/C12H10Cl2N2OS/c1-18-12-15-6-8(11(14)16-12)10(17)7-4-2-3-5-9(7)13/h2-6,10,17H,1H3. The van der Waals surface area contributed by atoms with E-state index in [0.717, 1.165) is 0 Å². The van der Waals surface area contributed by atoms with Crippen LogP contribution in [0.15, 0.2) is 35.6 Å². The maximum atomic E-state index is 10.3. The number of halogens is 2. The van der Waals surface area contributed by atoms with Gasteiger partial charge >= 0.3 is 0 Å². The van der Waals surface area contributed by atoms with Gasteiger partial charge in [0.05, 0.1) is 0 Å².